The van der Waals surface area contributed by atoms with Crippen LogP contribution in [0.5, 0.6) is 0 Å². The predicted octanol–water partition coefficient (Wildman–Crippen LogP) is 3.44. The van der Waals surface area contributed by atoms with Crippen LogP contribution in [0, 0.1) is 5.41 Å². The molecule has 2 nitrogen and oxygen atoms in total. The molecule has 0 spiro atoms. The fraction of sp³-hybridized carbons (Fsp3) is 1.00. The van der Waals surface area contributed by atoms with Gasteiger partial charge in [-0.2, -0.15) is 0 Å². The first-order chi connectivity index (χ1) is 8.26. The van der Waals surface area contributed by atoms with E-state index in [1.165, 1.54) is 50.4 Å². The molecule has 1 saturated carbocycles. The molecular formula is C14H26BrNO. The van der Waals surface area contributed by atoms with Gasteiger partial charge in [0.15, 0.2) is 0 Å². The van der Waals surface area contributed by atoms with E-state index in [1.54, 1.807) is 0 Å². The summed E-state index contributed by atoms with van der Waals surface area (Å²) in [5.41, 5.74) is 0.530. The zero-order valence-electron chi connectivity index (χ0n) is 11.1. The van der Waals surface area contributed by atoms with Gasteiger partial charge < -0.3 is 4.74 Å². The van der Waals surface area contributed by atoms with Gasteiger partial charge in [0.1, 0.15) is 0 Å². The molecular weight excluding hydrogens is 278 g/mol. The molecule has 0 N–H and O–H groups in total. The highest BCUT2D eigenvalue weighted by molar-refractivity contribution is 9.09. The fourth-order valence-corrected chi connectivity index (χ4v) is 3.98. The summed E-state index contributed by atoms with van der Waals surface area (Å²) < 4.78 is 5.54. The quantitative estimate of drug-likeness (QED) is 0.585. The first-order valence-corrected chi connectivity index (χ1v) is 8.26. The van der Waals surface area contributed by atoms with E-state index >= 15 is 0 Å². The zero-order chi connectivity index (χ0) is 12.1. The smallest absolute Gasteiger partial charge is 0.0619 e. The number of rotatable bonds is 3. The Bertz CT molecular complexity index is 226. The monoisotopic (exact) mass is 303 g/mol. The SMILES string of the molecule is CC1COCCN1CC1(CBr)CCCCCC1. The van der Waals surface area contributed by atoms with Crippen LogP contribution in [0.15, 0.2) is 0 Å². The summed E-state index contributed by atoms with van der Waals surface area (Å²) in [6, 6.07) is 0.600. The molecule has 1 heterocycles. The van der Waals surface area contributed by atoms with Crippen LogP contribution in [0.1, 0.15) is 45.4 Å². The summed E-state index contributed by atoms with van der Waals surface area (Å²) in [5.74, 6) is 0. The maximum Gasteiger partial charge on any atom is 0.0619 e. The Morgan fingerprint density at radius 1 is 1.24 bits per heavy atom. The normalized spacial score (nSPS) is 31.1. The van der Waals surface area contributed by atoms with Gasteiger partial charge in [-0.3, -0.25) is 4.90 Å². The lowest BCUT2D eigenvalue weighted by atomic mass is 9.81. The number of nitrogens with zero attached hydrogens (tertiary/aromatic N) is 1. The summed E-state index contributed by atoms with van der Waals surface area (Å²) in [6.07, 6.45) is 8.53. The van der Waals surface area contributed by atoms with Gasteiger partial charge in [-0.15, -0.1) is 0 Å². The van der Waals surface area contributed by atoms with Gasteiger partial charge in [-0.1, -0.05) is 41.6 Å². The second-order valence-corrected chi connectivity index (χ2v) is 6.50. The molecule has 1 unspecified atom stereocenters. The summed E-state index contributed by atoms with van der Waals surface area (Å²) in [5, 5.41) is 1.17. The summed E-state index contributed by atoms with van der Waals surface area (Å²) in [6.45, 7) is 6.53. The number of ether oxygens (including phenoxy) is 1. The molecule has 1 aliphatic heterocycles. The Balaban J connectivity index is 1.96. The molecule has 1 saturated heterocycles. The van der Waals surface area contributed by atoms with Crippen LogP contribution < -0.4 is 0 Å². The minimum Gasteiger partial charge on any atom is -0.379 e. The minimum absolute atomic E-state index is 0.530. The van der Waals surface area contributed by atoms with Gasteiger partial charge in [0, 0.05) is 24.5 Å². The first kappa shape index (κ1) is 13.8. The van der Waals surface area contributed by atoms with Crippen LogP contribution in [0.25, 0.3) is 0 Å². The average Bonchev–Trinajstić information content (AvgIpc) is 2.58. The van der Waals surface area contributed by atoms with E-state index in [4.69, 9.17) is 4.74 Å². The van der Waals surface area contributed by atoms with E-state index < -0.39 is 0 Å². The third-order valence-electron chi connectivity index (χ3n) is 4.49. The lowest BCUT2D eigenvalue weighted by Crippen LogP contribution is -2.49. The van der Waals surface area contributed by atoms with E-state index in [-0.39, 0.29) is 0 Å². The number of alkyl halides is 1. The topological polar surface area (TPSA) is 12.5 Å². The lowest BCUT2D eigenvalue weighted by Gasteiger charge is -2.41. The van der Waals surface area contributed by atoms with Gasteiger partial charge in [0.2, 0.25) is 0 Å². The summed E-state index contributed by atoms with van der Waals surface area (Å²) >= 11 is 3.79. The molecule has 2 rings (SSSR count). The Labute approximate surface area is 114 Å². The van der Waals surface area contributed by atoms with Crippen LogP contribution in [0.4, 0.5) is 0 Å². The Kier molecular flexibility index (Phi) is 5.31. The number of hydrogen-bond acceptors (Lipinski definition) is 2. The largest absolute Gasteiger partial charge is 0.379 e. The molecule has 0 radical (unpaired) electrons. The highest BCUT2D eigenvalue weighted by Crippen LogP contribution is 2.38. The van der Waals surface area contributed by atoms with Gasteiger partial charge in [0.05, 0.1) is 13.2 Å². The third-order valence-corrected chi connectivity index (χ3v) is 5.68. The molecule has 0 aromatic carbocycles. The summed E-state index contributed by atoms with van der Waals surface area (Å²) in [7, 11) is 0. The van der Waals surface area contributed by atoms with Crippen molar-refractivity contribution in [2.75, 3.05) is 31.6 Å². The van der Waals surface area contributed by atoms with Crippen molar-refractivity contribution in [3.8, 4) is 0 Å². The van der Waals surface area contributed by atoms with Crippen molar-refractivity contribution in [2.45, 2.75) is 51.5 Å². The Morgan fingerprint density at radius 3 is 2.53 bits per heavy atom. The van der Waals surface area contributed by atoms with Gasteiger partial charge in [-0.05, 0) is 25.2 Å². The molecule has 0 bridgehead atoms. The first-order valence-electron chi connectivity index (χ1n) is 7.14. The van der Waals surface area contributed by atoms with E-state index in [0.717, 1.165) is 19.8 Å². The fourth-order valence-electron chi connectivity index (χ4n) is 3.24. The van der Waals surface area contributed by atoms with E-state index in [1.807, 2.05) is 0 Å². The molecule has 0 aromatic rings. The van der Waals surface area contributed by atoms with Crippen molar-refractivity contribution >= 4 is 15.9 Å². The molecule has 100 valence electrons. The Morgan fingerprint density at radius 2 is 1.94 bits per heavy atom. The van der Waals surface area contributed by atoms with Crippen molar-refractivity contribution in [1.29, 1.82) is 0 Å². The molecule has 17 heavy (non-hydrogen) atoms. The van der Waals surface area contributed by atoms with E-state index in [0.29, 0.717) is 11.5 Å². The van der Waals surface area contributed by atoms with Crippen molar-refractivity contribution in [3.63, 3.8) is 0 Å². The predicted molar refractivity (Wildman–Crippen MR) is 75.8 cm³/mol. The Hall–Kier alpha value is 0.400. The molecule has 2 aliphatic rings. The van der Waals surface area contributed by atoms with Crippen LogP contribution >= 0.6 is 15.9 Å². The van der Waals surface area contributed by atoms with Crippen molar-refractivity contribution in [3.05, 3.63) is 0 Å². The second-order valence-electron chi connectivity index (χ2n) is 5.94. The maximum absolute atomic E-state index is 5.54. The van der Waals surface area contributed by atoms with Crippen molar-refractivity contribution in [1.82, 2.24) is 4.90 Å². The third kappa shape index (κ3) is 3.68. The molecule has 2 fully saturated rings. The number of hydrogen-bond donors (Lipinski definition) is 0. The van der Waals surface area contributed by atoms with Crippen molar-refractivity contribution < 1.29 is 4.74 Å². The lowest BCUT2D eigenvalue weighted by molar-refractivity contribution is -0.0194. The molecule has 3 heteroatoms. The average molecular weight is 304 g/mol. The highest BCUT2D eigenvalue weighted by atomic mass is 79.9. The zero-order valence-corrected chi connectivity index (χ0v) is 12.7. The van der Waals surface area contributed by atoms with E-state index in [9.17, 15) is 0 Å². The van der Waals surface area contributed by atoms with E-state index in [2.05, 4.69) is 27.8 Å². The maximum atomic E-state index is 5.54. The second kappa shape index (κ2) is 6.53. The molecule has 1 aliphatic carbocycles. The van der Waals surface area contributed by atoms with Crippen LogP contribution in [0.2, 0.25) is 0 Å². The number of morpholine rings is 1. The standard InChI is InChI=1S/C14H26BrNO/c1-13-10-17-9-8-16(13)12-14(11-15)6-4-2-3-5-7-14/h13H,2-12H2,1H3. The van der Waals surface area contributed by atoms with Crippen LogP contribution in [-0.2, 0) is 4.74 Å². The number of halogens is 1. The van der Waals surface area contributed by atoms with Gasteiger partial charge in [-0.25, -0.2) is 0 Å². The summed E-state index contributed by atoms with van der Waals surface area (Å²) in [4.78, 5) is 2.65. The van der Waals surface area contributed by atoms with Gasteiger partial charge in [0.25, 0.3) is 0 Å². The minimum atomic E-state index is 0.530. The van der Waals surface area contributed by atoms with Crippen molar-refractivity contribution in [2.24, 2.45) is 5.41 Å². The molecule has 1 atom stereocenters. The molecule has 0 amide bonds. The highest BCUT2D eigenvalue weighted by Gasteiger charge is 2.34. The van der Waals surface area contributed by atoms with Crippen LogP contribution in [0.3, 0.4) is 0 Å². The van der Waals surface area contributed by atoms with Gasteiger partial charge >= 0.3 is 0 Å². The van der Waals surface area contributed by atoms with Crippen LogP contribution in [-0.4, -0.2) is 42.6 Å². The molecule has 0 aromatic heterocycles.